The Bertz CT molecular complexity index is 451. The third kappa shape index (κ3) is 6.72. The van der Waals surface area contributed by atoms with Crippen molar-refractivity contribution in [3.8, 4) is 0 Å². The molecule has 0 saturated carbocycles. The summed E-state index contributed by atoms with van der Waals surface area (Å²) in [7, 11) is 1.00. The summed E-state index contributed by atoms with van der Waals surface area (Å²) in [6.07, 6.45) is 10.0. The maximum absolute atomic E-state index is 10.6. The van der Waals surface area contributed by atoms with Crippen LogP contribution in [0.2, 0.25) is 0 Å². The summed E-state index contributed by atoms with van der Waals surface area (Å²) in [6.45, 7) is 1.48. The van der Waals surface area contributed by atoms with Gasteiger partial charge in [0.25, 0.3) is 0 Å². The molecule has 0 atom stereocenters. The molecule has 0 unspecified atom stereocenters. The van der Waals surface area contributed by atoms with Crippen molar-refractivity contribution in [2.24, 2.45) is 0 Å². The second-order valence-electron chi connectivity index (χ2n) is 4.34. The first-order chi connectivity index (χ1) is 10.0. The summed E-state index contributed by atoms with van der Waals surface area (Å²) in [4.78, 5) is 21.2. The van der Waals surface area contributed by atoms with Crippen molar-refractivity contribution >= 4 is 11.9 Å². The van der Waals surface area contributed by atoms with E-state index in [2.05, 4.69) is 12.2 Å². The van der Waals surface area contributed by atoms with Gasteiger partial charge >= 0.3 is 11.9 Å². The molecule has 0 spiro atoms. The number of rotatable bonds is 2. The molecule has 0 heterocycles. The van der Waals surface area contributed by atoms with Crippen LogP contribution in [0.3, 0.4) is 0 Å². The highest BCUT2D eigenvalue weighted by atomic mass is 16.4. The van der Waals surface area contributed by atoms with Crippen LogP contribution < -0.4 is 0 Å². The quantitative estimate of drug-likeness (QED) is 0.728. The highest BCUT2D eigenvalue weighted by molar-refractivity contribution is 5.96. The molecule has 1 aliphatic carbocycles. The first-order valence-corrected chi connectivity index (χ1v) is 6.70. The average molecular weight is 294 g/mol. The van der Waals surface area contributed by atoms with Crippen molar-refractivity contribution in [1.29, 1.82) is 0 Å². The maximum atomic E-state index is 10.6. The Hall–Kier alpha value is -2.14. The van der Waals surface area contributed by atoms with E-state index in [0.717, 1.165) is 7.11 Å². The van der Waals surface area contributed by atoms with Gasteiger partial charge in [0.05, 0.1) is 11.1 Å². The van der Waals surface area contributed by atoms with Gasteiger partial charge in [-0.25, -0.2) is 9.59 Å². The lowest BCUT2D eigenvalue weighted by atomic mass is 10.0. The van der Waals surface area contributed by atoms with E-state index in [-0.39, 0.29) is 16.7 Å². The molecular formula is C16H22O5. The lowest BCUT2D eigenvalue weighted by molar-refractivity contribution is 0.0696. The Balaban J connectivity index is 0.000000416. The van der Waals surface area contributed by atoms with Crippen LogP contribution in [0.25, 0.3) is 0 Å². The molecule has 0 radical (unpaired) electrons. The molecule has 5 nitrogen and oxygen atoms in total. The summed E-state index contributed by atoms with van der Waals surface area (Å²) in [5.41, 5.74) is 0.335. The summed E-state index contributed by atoms with van der Waals surface area (Å²) in [5, 5.41) is 24.4. The van der Waals surface area contributed by atoms with Gasteiger partial charge in [0.15, 0.2) is 0 Å². The Labute approximate surface area is 124 Å². The first kappa shape index (κ1) is 18.9. The molecule has 0 saturated heterocycles. The lowest BCUT2D eigenvalue weighted by Crippen LogP contribution is -2.06. The van der Waals surface area contributed by atoms with Gasteiger partial charge in [-0.1, -0.05) is 18.2 Å². The molecule has 3 N–H and O–H groups in total. The number of hydrogen-bond donors (Lipinski definition) is 3. The van der Waals surface area contributed by atoms with Gasteiger partial charge in [0, 0.05) is 7.11 Å². The zero-order valence-electron chi connectivity index (χ0n) is 12.4. The third-order valence-electron chi connectivity index (χ3n) is 2.95. The Kier molecular flexibility index (Phi) is 9.54. The molecule has 0 aromatic heterocycles. The Morgan fingerprint density at radius 1 is 0.905 bits per heavy atom. The van der Waals surface area contributed by atoms with Crippen LogP contribution in [0.5, 0.6) is 0 Å². The van der Waals surface area contributed by atoms with E-state index in [4.69, 9.17) is 15.3 Å². The van der Waals surface area contributed by atoms with Crippen molar-refractivity contribution in [2.75, 3.05) is 7.11 Å². The topological polar surface area (TPSA) is 94.8 Å². The highest BCUT2D eigenvalue weighted by Crippen LogP contribution is 2.13. The van der Waals surface area contributed by atoms with E-state index in [9.17, 15) is 9.59 Å². The molecule has 5 heteroatoms. The zero-order chi connectivity index (χ0) is 16.3. The lowest BCUT2D eigenvalue weighted by Gasteiger charge is -2.03. The number of aliphatic hydroxyl groups excluding tert-OH is 1. The normalized spacial score (nSPS) is 12.3. The summed E-state index contributed by atoms with van der Waals surface area (Å²) >= 11 is 0. The minimum absolute atomic E-state index is 0.0277. The van der Waals surface area contributed by atoms with E-state index < -0.39 is 11.9 Å². The van der Waals surface area contributed by atoms with Crippen LogP contribution in [0.15, 0.2) is 30.4 Å². The van der Waals surface area contributed by atoms with Gasteiger partial charge in [-0.3, -0.25) is 0 Å². The summed E-state index contributed by atoms with van der Waals surface area (Å²) in [5.74, 6) is -2.22. The van der Waals surface area contributed by atoms with Gasteiger partial charge in [-0.15, -0.1) is 0 Å². The molecule has 0 bridgehead atoms. The average Bonchev–Trinajstić information content (AvgIpc) is 2.51. The Morgan fingerprint density at radius 3 is 1.52 bits per heavy atom. The van der Waals surface area contributed by atoms with Crippen LogP contribution in [0, 0.1) is 6.92 Å². The molecule has 0 aliphatic heterocycles. The van der Waals surface area contributed by atoms with Gasteiger partial charge in [0.1, 0.15) is 0 Å². The SMILES string of the molecule is C1=CCCCC1.CO.Cc1c(C(=O)O)cccc1C(=O)O. The van der Waals surface area contributed by atoms with Gasteiger partial charge in [-0.2, -0.15) is 0 Å². The van der Waals surface area contributed by atoms with E-state index in [1.807, 2.05) is 0 Å². The van der Waals surface area contributed by atoms with E-state index in [1.54, 1.807) is 0 Å². The highest BCUT2D eigenvalue weighted by Gasteiger charge is 2.13. The molecular weight excluding hydrogens is 272 g/mol. The van der Waals surface area contributed by atoms with Gasteiger partial charge in [-0.05, 0) is 50.3 Å². The van der Waals surface area contributed by atoms with Crippen molar-refractivity contribution in [1.82, 2.24) is 0 Å². The molecule has 2 rings (SSSR count). The number of aliphatic hydroxyl groups is 1. The standard InChI is InChI=1S/C9H8O4.C6H10.CH4O/c1-5-6(8(10)11)3-2-4-7(5)9(12)13;1-2-4-6-5-3-1;1-2/h2-4H,1H3,(H,10,11)(H,12,13);1-2H,3-6H2;2H,1H3. The minimum Gasteiger partial charge on any atom is -0.478 e. The van der Waals surface area contributed by atoms with Crippen LogP contribution in [0.4, 0.5) is 0 Å². The number of carbonyl (C=O) groups is 2. The number of allylic oxidation sites excluding steroid dienone is 2. The molecule has 0 fully saturated rings. The van der Waals surface area contributed by atoms with Crippen LogP contribution in [-0.4, -0.2) is 34.4 Å². The van der Waals surface area contributed by atoms with E-state index >= 15 is 0 Å². The fourth-order valence-corrected chi connectivity index (χ4v) is 1.86. The minimum atomic E-state index is -1.11. The molecule has 1 aromatic carbocycles. The number of aromatic carboxylic acids is 2. The number of carboxylic acid groups (broad SMARTS) is 2. The fraction of sp³-hybridized carbons (Fsp3) is 0.375. The number of benzene rings is 1. The molecule has 1 aliphatic rings. The van der Waals surface area contributed by atoms with Gasteiger partial charge in [0.2, 0.25) is 0 Å². The van der Waals surface area contributed by atoms with Crippen LogP contribution >= 0.6 is 0 Å². The van der Waals surface area contributed by atoms with Crippen molar-refractivity contribution in [3.63, 3.8) is 0 Å². The second kappa shape index (κ2) is 10.6. The smallest absolute Gasteiger partial charge is 0.335 e. The number of carboxylic acids is 2. The predicted octanol–water partition coefficient (Wildman–Crippen LogP) is 3.12. The van der Waals surface area contributed by atoms with E-state index in [1.165, 1.54) is 50.8 Å². The van der Waals surface area contributed by atoms with Gasteiger partial charge < -0.3 is 15.3 Å². The molecule has 116 valence electrons. The first-order valence-electron chi connectivity index (χ1n) is 6.70. The summed E-state index contributed by atoms with van der Waals surface area (Å²) in [6, 6.07) is 4.17. The van der Waals surface area contributed by atoms with Crippen molar-refractivity contribution in [2.45, 2.75) is 32.6 Å². The third-order valence-corrected chi connectivity index (χ3v) is 2.95. The van der Waals surface area contributed by atoms with Crippen LogP contribution in [-0.2, 0) is 0 Å². The Morgan fingerprint density at radius 2 is 1.29 bits per heavy atom. The maximum Gasteiger partial charge on any atom is 0.335 e. The largest absolute Gasteiger partial charge is 0.478 e. The van der Waals surface area contributed by atoms with E-state index in [0.29, 0.717) is 0 Å². The van der Waals surface area contributed by atoms with Crippen molar-refractivity contribution in [3.05, 3.63) is 47.0 Å². The van der Waals surface area contributed by atoms with Crippen molar-refractivity contribution < 1.29 is 24.9 Å². The zero-order valence-corrected chi connectivity index (χ0v) is 12.4. The molecule has 1 aromatic rings. The molecule has 21 heavy (non-hydrogen) atoms. The monoisotopic (exact) mass is 294 g/mol. The second-order valence-corrected chi connectivity index (χ2v) is 4.34. The summed E-state index contributed by atoms with van der Waals surface area (Å²) < 4.78 is 0. The fourth-order valence-electron chi connectivity index (χ4n) is 1.86. The molecule has 0 amide bonds. The number of hydrogen-bond acceptors (Lipinski definition) is 3. The predicted molar refractivity (Wildman–Crippen MR) is 80.8 cm³/mol. The van der Waals surface area contributed by atoms with Crippen LogP contribution in [0.1, 0.15) is 52.0 Å².